The van der Waals surface area contributed by atoms with Crippen LogP contribution in [0.25, 0.3) is 0 Å². The lowest BCUT2D eigenvalue weighted by Crippen LogP contribution is -2.45. The van der Waals surface area contributed by atoms with Gasteiger partial charge in [0.1, 0.15) is 0 Å². The predicted octanol–water partition coefficient (Wildman–Crippen LogP) is 2.62. The number of amides is 1. The van der Waals surface area contributed by atoms with Crippen LogP contribution in [0.5, 0.6) is 0 Å². The lowest BCUT2D eigenvalue weighted by atomic mass is 9.84. The molecule has 4 nitrogen and oxygen atoms in total. The fourth-order valence-corrected chi connectivity index (χ4v) is 2.74. The van der Waals surface area contributed by atoms with Crippen LogP contribution in [0.3, 0.4) is 0 Å². The van der Waals surface area contributed by atoms with Crippen LogP contribution in [-0.4, -0.2) is 23.0 Å². The normalized spacial score (nSPS) is 22.2. The summed E-state index contributed by atoms with van der Waals surface area (Å²) in [7, 11) is 0. The number of rotatable bonds is 4. The van der Waals surface area contributed by atoms with Crippen molar-refractivity contribution in [2.45, 2.75) is 45.1 Å². The zero-order valence-electron chi connectivity index (χ0n) is 11.8. The molecule has 20 heavy (non-hydrogen) atoms. The lowest BCUT2D eigenvalue weighted by Gasteiger charge is -2.29. The summed E-state index contributed by atoms with van der Waals surface area (Å²) in [5, 5.41) is 12.1. The van der Waals surface area contributed by atoms with Gasteiger partial charge in [-0.2, -0.15) is 0 Å². The Morgan fingerprint density at radius 1 is 1.20 bits per heavy atom. The average molecular weight is 275 g/mol. The second-order valence-corrected chi connectivity index (χ2v) is 5.36. The van der Waals surface area contributed by atoms with Crippen molar-refractivity contribution in [3.8, 4) is 0 Å². The smallest absolute Gasteiger partial charge is 0.308 e. The molecule has 4 heteroatoms. The molecule has 0 saturated heterocycles. The predicted molar refractivity (Wildman–Crippen MR) is 76.7 cm³/mol. The SMILES string of the molecule is CCc1ccc(C(=O)NC2CCCCC2C(=O)O)cc1. The summed E-state index contributed by atoms with van der Waals surface area (Å²) in [6.45, 7) is 2.06. The minimum absolute atomic E-state index is 0.175. The lowest BCUT2D eigenvalue weighted by molar-refractivity contribution is -0.143. The van der Waals surface area contributed by atoms with Crippen molar-refractivity contribution in [2.75, 3.05) is 0 Å². The van der Waals surface area contributed by atoms with E-state index >= 15 is 0 Å². The zero-order valence-corrected chi connectivity index (χ0v) is 11.8. The molecule has 108 valence electrons. The Hall–Kier alpha value is -1.84. The third-order valence-corrected chi connectivity index (χ3v) is 4.02. The zero-order chi connectivity index (χ0) is 14.5. The van der Waals surface area contributed by atoms with Gasteiger partial charge in [0.25, 0.3) is 5.91 Å². The molecule has 1 fully saturated rings. The first kappa shape index (κ1) is 14.6. The molecule has 1 aliphatic rings. The third-order valence-electron chi connectivity index (χ3n) is 4.02. The summed E-state index contributed by atoms with van der Waals surface area (Å²) in [6, 6.07) is 7.22. The molecule has 1 aromatic rings. The average Bonchev–Trinajstić information content (AvgIpc) is 2.47. The molecule has 1 amide bonds. The van der Waals surface area contributed by atoms with Crippen molar-refractivity contribution in [2.24, 2.45) is 5.92 Å². The van der Waals surface area contributed by atoms with Gasteiger partial charge in [-0.15, -0.1) is 0 Å². The minimum atomic E-state index is -0.809. The van der Waals surface area contributed by atoms with E-state index in [4.69, 9.17) is 0 Å². The Morgan fingerprint density at radius 3 is 2.45 bits per heavy atom. The Balaban J connectivity index is 2.03. The number of carboxylic acid groups (broad SMARTS) is 1. The van der Waals surface area contributed by atoms with Crippen molar-refractivity contribution in [1.29, 1.82) is 0 Å². The number of aryl methyl sites for hydroxylation is 1. The second-order valence-electron chi connectivity index (χ2n) is 5.36. The van der Waals surface area contributed by atoms with E-state index in [0.29, 0.717) is 12.0 Å². The first-order valence-corrected chi connectivity index (χ1v) is 7.24. The van der Waals surface area contributed by atoms with E-state index < -0.39 is 11.9 Å². The number of carbonyl (C=O) groups excluding carboxylic acids is 1. The molecular weight excluding hydrogens is 254 g/mol. The summed E-state index contributed by atoms with van der Waals surface area (Å²) >= 11 is 0. The maximum atomic E-state index is 12.2. The third kappa shape index (κ3) is 3.38. The van der Waals surface area contributed by atoms with Gasteiger partial charge in [-0.25, -0.2) is 0 Å². The Morgan fingerprint density at radius 2 is 1.85 bits per heavy atom. The number of nitrogens with one attached hydrogen (secondary N) is 1. The molecule has 2 N–H and O–H groups in total. The fourth-order valence-electron chi connectivity index (χ4n) is 2.74. The van der Waals surface area contributed by atoms with Gasteiger partial charge in [0.15, 0.2) is 0 Å². The molecule has 1 saturated carbocycles. The second kappa shape index (κ2) is 6.55. The molecule has 2 unspecified atom stereocenters. The number of hydrogen-bond donors (Lipinski definition) is 2. The highest BCUT2D eigenvalue weighted by atomic mass is 16.4. The number of carbonyl (C=O) groups is 2. The van der Waals surface area contributed by atoms with Crippen LogP contribution in [-0.2, 0) is 11.2 Å². The summed E-state index contributed by atoms with van der Waals surface area (Å²) < 4.78 is 0. The quantitative estimate of drug-likeness (QED) is 0.887. The van der Waals surface area contributed by atoms with Gasteiger partial charge in [-0.1, -0.05) is 31.9 Å². The molecule has 0 aliphatic heterocycles. The van der Waals surface area contributed by atoms with Gasteiger partial charge in [-0.3, -0.25) is 9.59 Å². The summed E-state index contributed by atoms with van der Waals surface area (Å²) in [6.07, 6.45) is 4.23. The van der Waals surface area contributed by atoms with E-state index in [9.17, 15) is 14.7 Å². The van der Waals surface area contributed by atoms with Gasteiger partial charge >= 0.3 is 5.97 Å². The highest BCUT2D eigenvalue weighted by Gasteiger charge is 2.31. The topological polar surface area (TPSA) is 66.4 Å². The van der Waals surface area contributed by atoms with Crippen LogP contribution in [0.4, 0.5) is 0 Å². The van der Waals surface area contributed by atoms with E-state index in [1.54, 1.807) is 12.1 Å². The van der Waals surface area contributed by atoms with Crippen molar-refractivity contribution >= 4 is 11.9 Å². The van der Waals surface area contributed by atoms with E-state index in [-0.39, 0.29) is 11.9 Å². The monoisotopic (exact) mass is 275 g/mol. The number of carboxylic acids is 1. The van der Waals surface area contributed by atoms with E-state index in [0.717, 1.165) is 25.7 Å². The van der Waals surface area contributed by atoms with Crippen LogP contribution in [0.15, 0.2) is 24.3 Å². The Kier molecular flexibility index (Phi) is 4.77. The maximum absolute atomic E-state index is 12.2. The highest BCUT2D eigenvalue weighted by molar-refractivity contribution is 5.94. The largest absolute Gasteiger partial charge is 0.481 e. The van der Waals surface area contributed by atoms with Crippen molar-refractivity contribution in [3.05, 3.63) is 35.4 Å². The van der Waals surface area contributed by atoms with Gasteiger partial charge < -0.3 is 10.4 Å². The summed E-state index contributed by atoms with van der Waals surface area (Å²) in [4.78, 5) is 23.4. The van der Waals surface area contributed by atoms with Crippen LogP contribution >= 0.6 is 0 Å². The fraction of sp³-hybridized carbons (Fsp3) is 0.500. The van der Waals surface area contributed by atoms with E-state index in [2.05, 4.69) is 12.2 Å². The molecule has 1 aromatic carbocycles. The standard InChI is InChI=1S/C16H21NO3/c1-2-11-7-9-12(10-8-11)15(18)17-14-6-4-3-5-13(14)16(19)20/h7-10,13-14H,2-6H2,1H3,(H,17,18)(H,19,20). The van der Waals surface area contributed by atoms with Crippen molar-refractivity contribution in [3.63, 3.8) is 0 Å². The van der Waals surface area contributed by atoms with Crippen LogP contribution in [0, 0.1) is 5.92 Å². The van der Waals surface area contributed by atoms with E-state index in [1.807, 2.05) is 12.1 Å². The van der Waals surface area contributed by atoms with Crippen LogP contribution in [0.1, 0.15) is 48.5 Å². The van der Waals surface area contributed by atoms with Crippen molar-refractivity contribution < 1.29 is 14.7 Å². The molecule has 2 atom stereocenters. The Bertz CT molecular complexity index is 481. The molecule has 0 aromatic heterocycles. The molecular formula is C16H21NO3. The van der Waals surface area contributed by atoms with Crippen LogP contribution < -0.4 is 5.32 Å². The van der Waals surface area contributed by atoms with E-state index in [1.165, 1.54) is 5.56 Å². The molecule has 0 radical (unpaired) electrons. The number of benzene rings is 1. The first-order chi connectivity index (χ1) is 9.61. The number of hydrogen-bond acceptors (Lipinski definition) is 2. The van der Waals surface area contributed by atoms with Gasteiger partial charge in [0.2, 0.25) is 0 Å². The molecule has 1 aliphatic carbocycles. The van der Waals surface area contributed by atoms with Gasteiger partial charge in [0.05, 0.1) is 5.92 Å². The molecule has 0 bridgehead atoms. The summed E-state index contributed by atoms with van der Waals surface area (Å²) in [5.74, 6) is -1.44. The van der Waals surface area contributed by atoms with Gasteiger partial charge in [0, 0.05) is 11.6 Å². The van der Waals surface area contributed by atoms with Crippen LogP contribution in [0.2, 0.25) is 0 Å². The Labute approximate surface area is 119 Å². The molecule has 0 heterocycles. The first-order valence-electron chi connectivity index (χ1n) is 7.24. The molecule has 0 spiro atoms. The van der Waals surface area contributed by atoms with Gasteiger partial charge in [-0.05, 0) is 37.0 Å². The number of aliphatic carboxylic acids is 1. The molecule has 2 rings (SSSR count). The minimum Gasteiger partial charge on any atom is -0.481 e. The maximum Gasteiger partial charge on any atom is 0.308 e. The summed E-state index contributed by atoms with van der Waals surface area (Å²) in [5.41, 5.74) is 1.78. The van der Waals surface area contributed by atoms with Crippen molar-refractivity contribution in [1.82, 2.24) is 5.32 Å². The highest BCUT2D eigenvalue weighted by Crippen LogP contribution is 2.25.